The van der Waals surface area contributed by atoms with Crippen molar-refractivity contribution < 1.29 is 9.53 Å². The maximum atomic E-state index is 11.5. The van der Waals surface area contributed by atoms with E-state index in [2.05, 4.69) is 6.92 Å². The summed E-state index contributed by atoms with van der Waals surface area (Å²) in [6.07, 6.45) is 8.32. The van der Waals surface area contributed by atoms with Crippen LogP contribution in [0.1, 0.15) is 52.9 Å². The fourth-order valence-electron chi connectivity index (χ4n) is 1.25. The smallest absolute Gasteiger partial charge is 0.313 e. The molecule has 14 heavy (non-hydrogen) atoms. The lowest BCUT2D eigenvalue weighted by molar-refractivity contribution is -0.143. The Balaban J connectivity index is 3.85. The molecule has 2 heteroatoms. The summed E-state index contributed by atoms with van der Waals surface area (Å²) < 4.78 is 5.01. The van der Waals surface area contributed by atoms with Crippen molar-refractivity contribution in [1.82, 2.24) is 0 Å². The molecule has 0 saturated heterocycles. The molecule has 0 radical (unpaired) electrons. The molecule has 2 nitrogen and oxygen atoms in total. The molecule has 82 valence electrons. The summed E-state index contributed by atoms with van der Waals surface area (Å²) in [5.74, 6) is 0.00195. The number of allylic oxidation sites excluding steroid dienone is 1. The summed E-state index contributed by atoms with van der Waals surface area (Å²) in [6.45, 7) is 6.18. The second-order valence-corrected chi connectivity index (χ2v) is 3.46. The maximum Gasteiger partial charge on any atom is 0.313 e. The Labute approximate surface area is 87.3 Å². The summed E-state index contributed by atoms with van der Waals surface area (Å²) in [7, 11) is 0. The molecule has 0 bridgehead atoms. The molecular formula is C12H22O2. The minimum Gasteiger partial charge on any atom is -0.435 e. The predicted octanol–water partition coefficient (Wildman–Crippen LogP) is 3.67. The van der Waals surface area contributed by atoms with Crippen molar-refractivity contribution in [3.05, 3.63) is 12.3 Å². The summed E-state index contributed by atoms with van der Waals surface area (Å²) >= 11 is 0. The predicted molar refractivity (Wildman–Crippen MR) is 58.8 cm³/mol. The van der Waals surface area contributed by atoms with Gasteiger partial charge in [-0.25, -0.2) is 0 Å². The molecular weight excluding hydrogens is 176 g/mol. The molecule has 0 amide bonds. The molecule has 0 aromatic rings. The molecule has 1 unspecified atom stereocenters. The highest BCUT2D eigenvalue weighted by Crippen LogP contribution is 2.14. The van der Waals surface area contributed by atoms with Crippen LogP contribution in [-0.4, -0.2) is 5.97 Å². The van der Waals surface area contributed by atoms with Crippen LogP contribution in [0.3, 0.4) is 0 Å². The molecule has 0 saturated carbocycles. The van der Waals surface area contributed by atoms with E-state index < -0.39 is 0 Å². The first kappa shape index (κ1) is 13.2. The van der Waals surface area contributed by atoms with Gasteiger partial charge < -0.3 is 4.74 Å². The van der Waals surface area contributed by atoms with Crippen molar-refractivity contribution in [2.24, 2.45) is 5.92 Å². The molecule has 0 N–H and O–H groups in total. The van der Waals surface area contributed by atoms with Gasteiger partial charge in [-0.1, -0.05) is 33.6 Å². The topological polar surface area (TPSA) is 26.3 Å². The zero-order valence-corrected chi connectivity index (χ0v) is 9.58. The number of carbonyl (C=O) groups excluding carboxylic acids is 1. The fraction of sp³-hybridized carbons (Fsp3) is 0.750. The molecule has 1 atom stereocenters. The molecule has 0 aromatic carbocycles. The van der Waals surface area contributed by atoms with Crippen LogP contribution in [0, 0.1) is 5.92 Å². The van der Waals surface area contributed by atoms with Crippen LogP contribution in [-0.2, 0) is 9.53 Å². The molecule has 0 aliphatic rings. The SMILES string of the molecule is CCC=COC(=O)C(CC)CCCC. The van der Waals surface area contributed by atoms with E-state index in [1.807, 2.05) is 19.9 Å². The standard InChI is InChI=1S/C12H22O2/c1-4-7-9-11(6-3)12(13)14-10-8-5-2/h8,10-11H,4-7,9H2,1-3H3. The quantitative estimate of drug-likeness (QED) is 0.461. The Kier molecular flexibility index (Phi) is 8.30. The van der Waals surface area contributed by atoms with Gasteiger partial charge in [0.05, 0.1) is 12.2 Å². The van der Waals surface area contributed by atoms with Gasteiger partial charge in [-0.3, -0.25) is 4.79 Å². The number of rotatable bonds is 7. The first-order valence-corrected chi connectivity index (χ1v) is 5.61. The molecule has 0 aliphatic carbocycles. The van der Waals surface area contributed by atoms with Crippen LogP contribution >= 0.6 is 0 Å². The van der Waals surface area contributed by atoms with Gasteiger partial charge in [0.2, 0.25) is 0 Å². The van der Waals surface area contributed by atoms with Crippen molar-refractivity contribution in [1.29, 1.82) is 0 Å². The van der Waals surface area contributed by atoms with E-state index in [0.717, 1.165) is 32.1 Å². The Morgan fingerprint density at radius 2 is 2.07 bits per heavy atom. The van der Waals surface area contributed by atoms with Crippen molar-refractivity contribution in [3.63, 3.8) is 0 Å². The van der Waals surface area contributed by atoms with E-state index in [4.69, 9.17) is 4.74 Å². The van der Waals surface area contributed by atoms with Gasteiger partial charge in [0.15, 0.2) is 0 Å². The third kappa shape index (κ3) is 5.79. The number of hydrogen-bond donors (Lipinski definition) is 0. The maximum absolute atomic E-state index is 11.5. The number of hydrogen-bond acceptors (Lipinski definition) is 2. The Bertz CT molecular complexity index is 173. The van der Waals surface area contributed by atoms with Crippen molar-refractivity contribution in [2.45, 2.75) is 52.9 Å². The van der Waals surface area contributed by atoms with Gasteiger partial charge in [0, 0.05) is 0 Å². The highest BCUT2D eigenvalue weighted by molar-refractivity contribution is 5.72. The lowest BCUT2D eigenvalue weighted by Gasteiger charge is -2.10. The van der Waals surface area contributed by atoms with Gasteiger partial charge in [-0.05, 0) is 25.3 Å². The zero-order chi connectivity index (χ0) is 10.8. The average Bonchev–Trinajstić information content (AvgIpc) is 2.19. The van der Waals surface area contributed by atoms with E-state index in [-0.39, 0.29) is 11.9 Å². The summed E-state index contributed by atoms with van der Waals surface area (Å²) in [6, 6.07) is 0. The largest absolute Gasteiger partial charge is 0.435 e. The third-order valence-electron chi connectivity index (χ3n) is 2.25. The molecule has 0 heterocycles. The van der Waals surface area contributed by atoms with Crippen LogP contribution in [0.2, 0.25) is 0 Å². The van der Waals surface area contributed by atoms with Crippen LogP contribution in [0.5, 0.6) is 0 Å². The van der Waals surface area contributed by atoms with Crippen LogP contribution in [0.15, 0.2) is 12.3 Å². The first-order valence-electron chi connectivity index (χ1n) is 5.61. The molecule has 0 spiro atoms. The van der Waals surface area contributed by atoms with Crippen LogP contribution in [0.4, 0.5) is 0 Å². The normalized spacial score (nSPS) is 13.1. The van der Waals surface area contributed by atoms with Crippen molar-refractivity contribution >= 4 is 5.97 Å². The van der Waals surface area contributed by atoms with Crippen molar-refractivity contribution in [3.8, 4) is 0 Å². The van der Waals surface area contributed by atoms with Gasteiger partial charge in [0.1, 0.15) is 0 Å². The fourth-order valence-corrected chi connectivity index (χ4v) is 1.25. The Morgan fingerprint density at radius 3 is 2.57 bits per heavy atom. The van der Waals surface area contributed by atoms with Gasteiger partial charge in [0.25, 0.3) is 0 Å². The first-order chi connectivity index (χ1) is 6.76. The minimum absolute atomic E-state index is 0.0781. The lowest BCUT2D eigenvalue weighted by atomic mass is 10.00. The summed E-state index contributed by atoms with van der Waals surface area (Å²) in [4.78, 5) is 11.5. The van der Waals surface area contributed by atoms with E-state index in [1.165, 1.54) is 6.26 Å². The minimum atomic E-state index is -0.0781. The molecule has 0 aliphatic heterocycles. The summed E-state index contributed by atoms with van der Waals surface area (Å²) in [5.41, 5.74) is 0. The number of esters is 1. The summed E-state index contributed by atoms with van der Waals surface area (Å²) in [5, 5.41) is 0. The van der Waals surface area contributed by atoms with Crippen molar-refractivity contribution in [2.75, 3.05) is 0 Å². The van der Waals surface area contributed by atoms with E-state index in [0.29, 0.717) is 0 Å². The molecule has 0 aromatic heterocycles. The van der Waals surface area contributed by atoms with E-state index >= 15 is 0 Å². The van der Waals surface area contributed by atoms with E-state index in [1.54, 1.807) is 0 Å². The zero-order valence-electron chi connectivity index (χ0n) is 9.58. The van der Waals surface area contributed by atoms with Gasteiger partial charge in [-0.2, -0.15) is 0 Å². The lowest BCUT2D eigenvalue weighted by Crippen LogP contribution is -2.14. The van der Waals surface area contributed by atoms with Crippen LogP contribution < -0.4 is 0 Å². The number of ether oxygens (including phenoxy) is 1. The Hall–Kier alpha value is -0.790. The number of unbranched alkanes of at least 4 members (excludes halogenated alkanes) is 1. The second kappa shape index (κ2) is 8.79. The average molecular weight is 198 g/mol. The van der Waals surface area contributed by atoms with Gasteiger partial charge >= 0.3 is 5.97 Å². The highest BCUT2D eigenvalue weighted by Gasteiger charge is 2.16. The van der Waals surface area contributed by atoms with E-state index in [9.17, 15) is 4.79 Å². The molecule has 0 fully saturated rings. The van der Waals surface area contributed by atoms with Crippen LogP contribution in [0.25, 0.3) is 0 Å². The monoisotopic (exact) mass is 198 g/mol. The second-order valence-electron chi connectivity index (χ2n) is 3.46. The highest BCUT2D eigenvalue weighted by atomic mass is 16.5. The third-order valence-corrected chi connectivity index (χ3v) is 2.25. The Morgan fingerprint density at radius 1 is 1.36 bits per heavy atom. The van der Waals surface area contributed by atoms with Gasteiger partial charge in [-0.15, -0.1) is 0 Å². The molecule has 0 rings (SSSR count). The number of carbonyl (C=O) groups is 1.